The Morgan fingerprint density at radius 1 is 1.14 bits per heavy atom. The highest BCUT2D eigenvalue weighted by Gasteiger charge is 2.24. The molecule has 0 aliphatic rings. The van der Waals surface area contributed by atoms with E-state index in [1.807, 2.05) is 32.0 Å². The first-order valence-corrected chi connectivity index (χ1v) is 11.0. The Balaban J connectivity index is 1.95. The van der Waals surface area contributed by atoms with Gasteiger partial charge in [-0.2, -0.15) is 5.10 Å². The lowest BCUT2D eigenvalue weighted by molar-refractivity contribution is 0.0973. The summed E-state index contributed by atoms with van der Waals surface area (Å²) in [5.74, 6) is 0.751. The van der Waals surface area contributed by atoms with E-state index in [1.54, 1.807) is 21.8 Å². The fraction of sp³-hybridized carbons (Fsp3) is 0.476. The van der Waals surface area contributed by atoms with Crippen molar-refractivity contribution in [2.45, 2.75) is 34.2 Å². The molecule has 0 saturated carbocycles. The lowest BCUT2D eigenvalue weighted by Gasteiger charge is -2.24. The zero-order chi connectivity index (χ0) is 20.8. The molecule has 8 heteroatoms. The summed E-state index contributed by atoms with van der Waals surface area (Å²) < 4.78 is 8.35. The van der Waals surface area contributed by atoms with Crippen molar-refractivity contribution in [3.63, 3.8) is 0 Å². The fourth-order valence-electron chi connectivity index (χ4n) is 3.23. The molecule has 0 unspecified atom stereocenters. The first-order valence-electron chi connectivity index (χ1n) is 10.2. The maximum absolute atomic E-state index is 13.4. The third kappa shape index (κ3) is 4.76. The number of fused-ring (bicyclic) bond motifs is 1. The molecule has 0 N–H and O–H groups in total. The third-order valence-electron chi connectivity index (χ3n) is 4.91. The van der Waals surface area contributed by atoms with Crippen LogP contribution in [0.4, 0.5) is 5.13 Å². The van der Waals surface area contributed by atoms with Gasteiger partial charge in [0.2, 0.25) is 0 Å². The van der Waals surface area contributed by atoms with Gasteiger partial charge in [-0.05, 0) is 51.2 Å². The van der Waals surface area contributed by atoms with Gasteiger partial charge in [0.15, 0.2) is 5.13 Å². The van der Waals surface area contributed by atoms with E-state index in [9.17, 15) is 4.79 Å². The summed E-state index contributed by atoms with van der Waals surface area (Å²) in [6.07, 6.45) is 1.67. The van der Waals surface area contributed by atoms with E-state index in [4.69, 9.17) is 9.72 Å². The Hall–Kier alpha value is -2.45. The average Bonchev–Trinajstić information content (AvgIpc) is 3.37. The number of hydrogen-bond acceptors (Lipinski definition) is 6. The minimum Gasteiger partial charge on any atom is -0.494 e. The summed E-state index contributed by atoms with van der Waals surface area (Å²) in [5.41, 5.74) is 1.46. The van der Waals surface area contributed by atoms with Gasteiger partial charge in [0.1, 0.15) is 11.4 Å². The van der Waals surface area contributed by atoms with Crippen molar-refractivity contribution < 1.29 is 9.53 Å². The van der Waals surface area contributed by atoms with Gasteiger partial charge in [-0.25, -0.2) is 4.98 Å². The molecule has 0 aliphatic carbocycles. The van der Waals surface area contributed by atoms with Crippen molar-refractivity contribution in [3.05, 3.63) is 36.2 Å². The minimum atomic E-state index is -0.0689. The first-order chi connectivity index (χ1) is 14.1. The molecule has 7 nitrogen and oxygen atoms in total. The van der Waals surface area contributed by atoms with Gasteiger partial charge in [-0.3, -0.25) is 14.4 Å². The van der Waals surface area contributed by atoms with E-state index in [0.717, 1.165) is 35.6 Å². The zero-order valence-corrected chi connectivity index (χ0v) is 18.4. The molecule has 3 rings (SSSR count). The summed E-state index contributed by atoms with van der Waals surface area (Å²) in [5, 5.41) is 4.96. The molecular formula is C21H29N5O2S. The molecule has 1 aromatic carbocycles. The second-order valence-corrected chi connectivity index (χ2v) is 7.58. The quantitative estimate of drug-likeness (QED) is 0.502. The van der Waals surface area contributed by atoms with Gasteiger partial charge >= 0.3 is 0 Å². The van der Waals surface area contributed by atoms with Crippen LogP contribution in [0, 0.1) is 0 Å². The normalized spacial score (nSPS) is 11.3. The molecule has 0 radical (unpaired) electrons. The van der Waals surface area contributed by atoms with Crippen molar-refractivity contribution >= 4 is 32.6 Å². The van der Waals surface area contributed by atoms with Crippen molar-refractivity contribution in [2.75, 3.05) is 37.7 Å². The predicted octanol–water partition coefficient (Wildman–Crippen LogP) is 3.90. The topological polar surface area (TPSA) is 63.5 Å². The van der Waals surface area contributed by atoms with Gasteiger partial charge in [0.05, 0.1) is 16.8 Å². The Kier molecular flexibility index (Phi) is 7.22. The second-order valence-electron chi connectivity index (χ2n) is 6.57. The van der Waals surface area contributed by atoms with Crippen LogP contribution in [0.5, 0.6) is 5.75 Å². The summed E-state index contributed by atoms with van der Waals surface area (Å²) in [6.45, 7) is 12.7. The molecule has 29 heavy (non-hydrogen) atoms. The van der Waals surface area contributed by atoms with Crippen molar-refractivity contribution in [2.24, 2.45) is 0 Å². The summed E-state index contributed by atoms with van der Waals surface area (Å²) in [4.78, 5) is 22.2. The average molecular weight is 416 g/mol. The van der Waals surface area contributed by atoms with Crippen molar-refractivity contribution in [1.82, 2.24) is 19.7 Å². The molecule has 1 amide bonds. The number of carbonyl (C=O) groups is 1. The molecule has 2 aromatic heterocycles. The van der Waals surface area contributed by atoms with Crippen LogP contribution in [0.3, 0.4) is 0 Å². The van der Waals surface area contributed by atoms with E-state index in [0.29, 0.717) is 30.5 Å². The molecule has 0 bridgehead atoms. The Bertz CT molecular complexity index is 948. The van der Waals surface area contributed by atoms with Gasteiger partial charge < -0.3 is 9.64 Å². The van der Waals surface area contributed by atoms with Crippen molar-refractivity contribution in [1.29, 1.82) is 0 Å². The van der Waals surface area contributed by atoms with E-state index in [-0.39, 0.29) is 5.91 Å². The number of benzene rings is 1. The predicted molar refractivity (Wildman–Crippen MR) is 118 cm³/mol. The smallest absolute Gasteiger partial charge is 0.278 e. The number of rotatable bonds is 10. The maximum Gasteiger partial charge on any atom is 0.278 e. The molecule has 2 heterocycles. The van der Waals surface area contributed by atoms with E-state index in [2.05, 4.69) is 23.8 Å². The molecule has 156 valence electrons. The van der Waals surface area contributed by atoms with Crippen LogP contribution in [-0.2, 0) is 6.54 Å². The van der Waals surface area contributed by atoms with Gasteiger partial charge in [0, 0.05) is 25.8 Å². The highest BCUT2D eigenvalue weighted by molar-refractivity contribution is 7.22. The number of likely N-dealkylation sites (N-methyl/N-ethyl adjacent to an activating group) is 1. The van der Waals surface area contributed by atoms with Crippen LogP contribution in [0.15, 0.2) is 30.5 Å². The van der Waals surface area contributed by atoms with Crippen LogP contribution < -0.4 is 9.64 Å². The fourth-order valence-corrected chi connectivity index (χ4v) is 4.25. The molecule has 0 fully saturated rings. The van der Waals surface area contributed by atoms with E-state index < -0.39 is 0 Å². The molecule has 0 spiro atoms. The zero-order valence-electron chi connectivity index (χ0n) is 17.6. The maximum atomic E-state index is 13.4. The molecule has 0 aliphatic heterocycles. The molecular weight excluding hydrogens is 386 g/mol. The highest BCUT2D eigenvalue weighted by atomic mass is 32.1. The SMILES string of the molecule is CCOc1ccc2nc(N(CCN(CC)CC)C(=O)c3ccnn3CC)sc2c1. The number of aryl methyl sites for hydroxylation is 1. The standard InChI is InChI=1S/C21H29N5O2S/c1-5-24(6-2)13-14-25(20(27)18-11-12-22-26(18)7-3)21-23-17-10-9-16(28-8-4)15-19(17)29-21/h9-12,15H,5-8,13-14H2,1-4H3. The van der Waals surface area contributed by atoms with E-state index in [1.165, 1.54) is 11.3 Å². The molecule has 0 saturated heterocycles. The van der Waals surface area contributed by atoms with Crippen LogP contribution in [-0.4, -0.2) is 58.4 Å². The number of hydrogen-bond donors (Lipinski definition) is 0. The van der Waals surface area contributed by atoms with E-state index >= 15 is 0 Å². The lowest BCUT2D eigenvalue weighted by Crippen LogP contribution is -2.39. The number of anilines is 1. The first kappa shape index (κ1) is 21.3. The highest BCUT2D eigenvalue weighted by Crippen LogP contribution is 2.32. The van der Waals surface area contributed by atoms with Gasteiger partial charge in [-0.1, -0.05) is 25.2 Å². The monoisotopic (exact) mass is 415 g/mol. The number of thiazole rings is 1. The van der Waals surface area contributed by atoms with Crippen LogP contribution >= 0.6 is 11.3 Å². The van der Waals surface area contributed by atoms with Crippen LogP contribution in [0.25, 0.3) is 10.2 Å². The number of carbonyl (C=O) groups excluding carboxylic acids is 1. The Morgan fingerprint density at radius 3 is 2.62 bits per heavy atom. The second kappa shape index (κ2) is 9.84. The van der Waals surface area contributed by atoms with Crippen LogP contribution in [0.2, 0.25) is 0 Å². The summed E-state index contributed by atoms with van der Waals surface area (Å²) >= 11 is 1.52. The minimum absolute atomic E-state index is 0.0689. The Morgan fingerprint density at radius 2 is 1.93 bits per heavy atom. The Labute approximate surface area is 175 Å². The number of amides is 1. The number of aromatic nitrogens is 3. The summed E-state index contributed by atoms with van der Waals surface area (Å²) in [7, 11) is 0. The van der Waals surface area contributed by atoms with Crippen molar-refractivity contribution in [3.8, 4) is 5.75 Å². The molecule has 0 atom stereocenters. The molecule has 3 aromatic rings. The van der Waals surface area contributed by atoms with Crippen LogP contribution in [0.1, 0.15) is 38.2 Å². The largest absolute Gasteiger partial charge is 0.494 e. The number of nitrogens with zero attached hydrogens (tertiary/aromatic N) is 5. The third-order valence-corrected chi connectivity index (χ3v) is 5.95. The lowest BCUT2D eigenvalue weighted by atomic mass is 10.3. The number of ether oxygens (including phenoxy) is 1. The van der Waals surface area contributed by atoms with Gasteiger partial charge in [0.25, 0.3) is 5.91 Å². The van der Waals surface area contributed by atoms with Gasteiger partial charge in [-0.15, -0.1) is 0 Å². The summed E-state index contributed by atoms with van der Waals surface area (Å²) in [6, 6.07) is 7.63.